The maximum absolute atomic E-state index is 14.2. The summed E-state index contributed by atoms with van der Waals surface area (Å²) in [6, 6.07) is 13.6. The molecule has 0 heterocycles. The molecule has 4 nitrogen and oxygen atoms in total. The largest absolute Gasteiger partial charge is 0.352 e. The topological polar surface area (TPSA) is 49.4 Å². The van der Waals surface area contributed by atoms with E-state index in [0.717, 1.165) is 16.9 Å². The summed E-state index contributed by atoms with van der Waals surface area (Å²) in [4.78, 5) is 28.1. The van der Waals surface area contributed by atoms with Gasteiger partial charge in [0.05, 0.1) is 5.75 Å². The molecule has 0 aromatic heterocycles. The second-order valence-electron chi connectivity index (χ2n) is 7.21. The first-order valence-corrected chi connectivity index (χ1v) is 10.8. The molecule has 2 rings (SSSR count). The van der Waals surface area contributed by atoms with Crippen molar-refractivity contribution in [2.45, 2.75) is 57.6 Å². The lowest BCUT2D eigenvalue weighted by atomic mass is 10.1. The van der Waals surface area contributed by atoms with E-state index in [4.69, 9.17) is 0 Å². The normalized spacial score (nSPS) is 12.9. The number of nitrogens with one attached hydrogen (secondary N) is 1. The van der Waals surface area contributed by atoms with Crippen LogP contribution in [0.2, 0.25) is 0 Å². The summed E-state index contributed by atoms with van der Waals surface area (Å²) in [5, 5.41) is 2.91. The molecule has 2 aromatic rings. The highest BCUT2D eigenvalue weighted by Crippen LogP contribution is 2.21. The van der Waals surface area contributed by atoms with Crippen LogP contribution in [-0.4, -0.2) is 34.6 Å². The molecule has 0 unspecified atom stereocenters. The number of thioether (sulfide) groups is 1. The van der Waals surface area contributed by atoms with Gasteiger partial charge >= 0.3 is 0 Å². The quantitative estimate of drug-likeness (QED) is 0.610. The molecule has 0 radical (unpaired) electrons. The Morgan fingerprint density at radius 2 is 1.76 bits per heavy atom. The number of carbonyl (C=O) groups excluding carboxylic acids is 2. The molecule has 29 heavy (non-hydrogen) atoms. The second kappa shape index (κ2) is 11.0. The summed E-state index contributed by atoms with van der Waals surface area (Å²) in [6.45, 7) is 7.65. The van der Waals surface area contributed by atoms with Crippen LogP contribution in [0, 0.1) is 12.7 Å². The number of rotatable bonds is 9. The molecule has 0 saturated carbocycles. The highest BCUT2D eigenvalue weighted by atomic mass is 32.2. The molecule has 2 amide bonds. The van der Waals surface area contributed by atoms with Crippen molar-refractivity contribution in [2.75, 3.05) is 5.75 Å². The molecule has 156 valence electrons. The van der Waals surface area contributed by atoms with Crippen molar-refractivity contribution >= 4 is 23.6 Å². The minimum Gasteiger partial charge on any atom is -0.352 e. The van der Waals surface area contributed by atoms with E-state index in [1.165, 1.54) is 22.7 Å². The van der Waals surface area contributed by atoms with E-state index in [9.17, 15) is 14.0 Å². The third-order valence-electron chi connectivity index (χ3n) is 4.85. The Morgan fingerprint density at radius 1 is 1.10 bits per heavy atom. The lowest BCUT2D eigenvalue weighted by Crippen LogP contribution is -2.50. The van der Waals surface area contributed by atoms with Crippen LogP contribution < -0.4 is 5.32 Å². The van der Waals surface area contributed by atoms with E-state index >= 15 is 0 Å². The van der Waals surface area contributed by atoms with Gasteiger partial charge in [-0.3, -0.25) is 9.59 Å². The van der Waals surface area contributed by atoms with Crippen LogP contribution in [0.1, 0.15) is 38.3 Å². The van der Waals surface area contributed by atoms with Crippen LogP contribution in [0.4, 0.5) is 4.39 Å². The van der Waals surface area contributed by atoms with Gasteiger partial charge in [0.1, 0.15) is 11.9 Å². The van der Waals surface area contributed by atoms with Gasteiger partial charge in [0.15, 0.2) is 0 Å². The van der Waals surface area contributed by atoms with Crippen molar-refractivity contribution in [1.82, 2.24) is 10.2 Å². The first-order valence-electron chi connectivity index (χ1n) is 9.84. The maximum Gasteiger partial charge on any atom is 0.242 e. The van der Waals surface area contributed by atoms with Crippen molar-refractivity contribution < 1.29 is 14.0 Å². The van der Waals surface area contributed by atoms with Crippen LogP contribution in [0.25, 0.3) is 0 Å². The number of hydrogen-bond acceptors (Lipinski definition) is 3. The summed E-state index contributed by atoms with van der Waals surface area (Å²) >= 11 is 1.41. The van der Waals surface area contributed by atoms with E-state index in [0.29, 0.717) is 5.56 Å². The van der Waals surface area contributed by atoms with Crippen LogP contribution in [0.3, 0.4) is 0 Å². The van der Waals surface area contributed by atoms with Gasteiger partial charge in [-0.25, -0.2) is 4.39 Å². The van der Waals surface area contributed by atoms with Gasteiger partial charge in [-0.1, -0.05) is 42.8 Å². The summed E-state index contributed by atoms with van der Waals surface area (Å²) in [5.41, 5.74) is 1.54. The van der Waals surface area contributed by atoms with E-state index < -0.39 is 6.04 Å². The lowest BCUT2D eigenvalue weighted by Gasteiger charge is -2.29. The molecule has 2 atom stereocenters. The third-order valence-corrected chi connectivity index (χ3v) is 5.85. The first-order chi connectivity index (χ1) is 13.8. The third kappa shape index (κ3) is 6.89. The van der Waals surface area contributed by atoms with Gasteiger partial charge in [0.25, 0.3) is 0 Å². The van der Waals surface area contributed by atoms with Crippen molar-refractivity contribution in [3.63, 3.8) is 0 Å². The molecule has 0 aliphatic rings. The number of carbonyl (C=O) groups is 2. The molecule has 0 aliphatic carbocycles. The predicted octanol–water partition coefficient (Wildman–Crippen LogP) is 4.56. The van der Waals surface area contributed by atoms with Gasteiger partial charge in [-0.05, 0) is 45.4 Å². The zero-order valence-corrected chi connectivity index (χ0v) is 18.3. The first kappa shape index (κ1) is 22.9. The predicted molar refractivity (Wildman–Crippen MR) is 116 cm³/mol. The van der Waals surface area contributed by atoms with Crippen molar-refractivity contribution in [2.24, 2.45) is 0 Å². The number of nitrogens with zero attached hydrogens (tertiary/aromatic N) is 1. The Morgan fingerprint density at radius 3 is 2.38 bits per heavy atom. The fraction of sp³-hybridized carbons (Fsp3) is 0.391. The van der Waals surface area contributed by atoms with Crippen LogP contribution in [0.5, 0.6) is 0 Å². The molecule has 1 N–H and O–H groups in total. The highest BCUT2D eigenvalue weighted by molar-refractivity contribution is 8.00. The van der Waals surface area contributed by atoms with E-state index in [2.05, 4.69) is 5.32 Å². The molecule has 0 spiro atoms. The highest BCUT2D eigenvalue weighted by Gasteiger charge is 2.27. The molecule has 0 aliphatic heterocycles. The average Bonchev–Trinajstić information content (AvgIpc) is 2.71. The number of amides is 2. The molecule has 0 fully saturated rings. The van der Waals surface area contributed by atoms with E-state index in [-0.39, 0.29) is 36.0 Å². The van der Waals surface area contributed by atoms with Gasteiger partial charge in [-0.2, -0.15) is 0 Å². The van der Waals surface area contributed by atoms with Gasteiger partial charge in [0.2, 0.25) is 11.8 Å². The number of hydrogen-bond donors (Lipinski definition) is 1. The molecule has 2 aromatic carbocycles. The van der Waals surface area contributed by atoms with Crippen molar-refractivity contribution in [1.29, 1.82) is 0 Å². The zero-order valence-electron chi connectivity index (χ0n) is 17.4. The maximum atomic E-state index is 14.2. The van der Waals surface area contributed by atoms with Crippen LogP contribution >= 0.6 is 11.8 Å². The Bertz CT molecular complexity index is 826. The molecule has 0 saturated heterocycles. The Balaban J connectivity index is 2.15. The Hall–Kier alpha value is -2.34. The number of aryl methyl sites for hydroxylation is 1. The molecule has 0 bridgehead atoms. The number of benzene rings is 2. The fourth-order valence-electron chi connectivity index (χ4n) is 2.72. The van der Waals surface area contributed by atoms with Gasteiger partial charge < -0.3 is 10.2 Å². The summed E-state index contributed by atoms with van der Waals surface area (Å²) in [5.74, 6) is -0.639. The van der Waals surface area contributed by atoms with Crippen molar-refractivity contribution in [3.05, 3.63) is 65.5 Å². The van der Waals surface area contributed by atoms with E-state index in [1.807, 2.05) is 45.0 Å². The average molecular weight is 417 g/mol. The van der Waals surface area contributed by atoms with E-state index in [1.54, 1.807) is 25.1 Å². The Labute approximate surface area is 176 Å². The smallest absolute Gasteiger partial charge is 0.242 e. The molecule has 6 heteroatoms. The summed E-state index contributed by atoms with van der Waals surface area (Å²) in [6.07, 6.45) is 0.795. The lowest BCUT2D eigenvalue weighted by molar-refractivity contribution is -0.139. The van der Waals surface area contributed by atoms with Crippen LogP contribution in [-0.2, 0) is 16.1 Å². The zero-order chi connectivity index (χ0) is 21.4. The second-order valence-corrected chi connectivity index (χ2v) is 8.26. The standard InChI is InChI=1S/C23H29FN2O2S/c1-5-17(3)25-23(28)18(4)26(14-19-8-6-7-9-21(19)24)22(27)15-29-20-12-10-16(2)11-13-20/h6-13,17-18H,5,14-15H2,1-4H3,(H,25,28)/t17-,18+/m0/s1. The summed E-state index contributed by atoms with van der Waals surface area (Å²) in [7, 11) is 0. The Kier molecular flexibility index (Phi) is 8.70. The van der Waals surface area contributed by atoms with Gasteiger partial charge in [-0.15, -0.1) is 11.8 Å². The minimum atomic E-state index is -0.699. The number of halogens is 1. The molecular formula is C23H29FN2O2S. The molecular weight excluding hydrogens is 387 g/mol. The SMILES string of the molecule is CC[C@H](C)NC(=O)[C@@H](C)N(Cc1ccccc1F)C(=O)CSc1ccc(C)cc1. The fourth-order valence-corrected chi connectivity index (χ4v) is 3.51. The monoisotopic (exact) mass is 416 g/mol. The van der Waals surface area contributed by atoms with Gasteiger partial charge in [0, 0.05) is 23.0 Å². The van der Waals surface area contributed by atoms with Crippen LogP contribution in [0.15, 0.2) is 53.4 Å². The minimum absolute atomic E-state index is 0.0114. The van der Waals surface area contributed by atoms with Crippen molar-refractivity contribution in [3.8, 4) is 0 Å². The summed E-state index contributed by atoms with van der Waals surface area (Å²) < 4.78 is 14.2.